The first-order chi connectivity index (χ1) is 14.6. The highest BCUT2D eigenvalue weighted by molar-refractivity contribution is 7.98. The van der Waals surface area contributed by atoms with Crippen molar-refractivity contribution in [1.82, 2.24) is 20.2 Å². The maximum Gasteiger partial charge on any atom is 0.286 e. The third-order valence-electron chi connectivity index (χ3n) is 4.27. The fourth-order valence-electron chi connectivity index (χ4n) is 2.75. The van der Waals surface area contributed by atoms with E-state index in [4.69, 9.17) is 0 Å². The standard InChI is InChI=1S/C21H18FN5OS2/c1-13-17(11-14-5-3-2-4-6-14)25-21(23-13)29-12-18-26-27-20(30-18)19(28)24-16-9-7-15(22)8-10-16/h2-10H,11-12H2,1H3,(H,23,25)(H,24,28). The normalized spacial score (nSPS) is 10.9. The van der Waals surface area contributed by atoms with Crippen molar-refractivity contribution in [2.45, 2.75) is 24.3 Å². The molecule has 4 aromatic rings. The topological polar surface area (TPSA) is 83.6 Å². The Balaban J connectivity index is 1.34. The fraction of sp³-hybridized carbons (Fsp3) is 0.143. The van der Waals surface area contributed by atoms with Gasteiger partial charge in [0.05, 0.1) is 11.4 Å². The Kier molecular flexibility index (Phi) is 6.20. The van der Waals surface area contributed by atoms with Crippen LogP contribution in [0.1, 0.15) is 31.8 Å². The number of aromatic nitrogens is 4. The van der Waals surface area contributed by atoms with E-state index < -0.39 is 0 Å². The number of thioether (sulfide) groups is 1. The molecule has 152 valence electrons. The summed E-state index contributed by atoms with van der Waals surface area (Å²) in [6.45, 7) is 2.01. The first kappa shape index (κ1) is 20.2. The number of anilines is 1. The molecule has 2 heterocycles. The van der Waals surface area contributed by atoms with Crippen molar-refractivity contribution in [3.63, 3.8) is 0 Å². The highest BCUT2D eigenvalue weighted by Crippen LogP contribution is 2.24. The Bertz CT molecular complexity index is 1140. The number of imidazole rings is 1. The minimum Gasteiger partial charge on any atom is -0.337 e. The lowest BCUT2D eigenvalue weighted by molar-refractivity contribution is 0.102. The lowest BCUT2D eigenvalue weighted by Gasteiger charge is -2.01. The molecular weight excluding hydrogens is 421 g/mol. The number of benzene rings is 2. The van der Waals surface area contributed by atoms with Crippen LogP contribution in [0.3, 0.4) is 0 Å². The zero-order chi connectivity index (χ0) is 20.9. The van der Waals surface area contributed by atoms with Gasteiger partial charge in [-0.25, -0.2) is 9.37 Å². The van der Waals surface area contributed by atoms with Crippen molar-refractivity contribution >= 4 is 34.7 Å². The molecule has 0 unspecified atom stereocenters. The van der Waals surface area contributed by atoms with Gasteiger partial charge in [-0.1, -0.05) is 53.4 Å². The summed E-state index contributed by atoms with van der Waals surface area (Å²) in [6, 6.07) is 15.8. The second-order valence-corrected chi connectivity index (χ2v) is 8.55. The lowest BCUT2D eigenvalue weighted by Crippen LogP contribution is -2.11. The van der Waals surface area contributed by atoms with Crippen LogP contribution in [0, 0.1) is 12.7 Å². The third kappa shape index (κ3) is 5.11. The molecule has 4 rings (SSSR count). The Labute approximate surface area is 181 Å². The molecule has 0 aliphatic rings. The number of H-pyrrole nitrogens is 1. The zero-order valence-electron chi connectivity index (χ0n) is 16.1. The van der Waals surface area contributed by atoms with Crippen LogP contribution in [0.4, 0.5) is 10.1 Å². The summed E-state index contributed by atoms with van der Waals surface area (Å²) in [7, 11) is 0. The number of amides is 1. The maximum atomic E-state index is 13.0. The van der Waals surface area contributed by atoms with E-state index in [-0.39, 0.29) is 16.7 Å². The van der Waals surface area contributed by atoms with E-state index in [0.717, 1.165) is 28.0 Å². The highest BCUT2D eigenvalue weighted by atomic mass is 32.2. The molecule has 0 spiro atoms. The second-order valence-electron chi connectivity index (χ2n) is 6.53. The van der Waals surface area contributed by atoms with Gasteiger partial charge in [0.25, 0.3) is 5.91 Å². The van der Waals surface area contributed by atoms with Crippen molar-refractivity contribution in [3.05, 3.63) is 87.4 Å². The second kappa shape index (κ2) is 9.19. The Hall–Kier alpha value is -3.04. The Morgan fingerprint density at radius 2 is 1.90 bits per heavy atom. The van der Waals surface area contributed by atoms with Crippen LogP contribution >= 0.6 is 23.1 Å². The van der Waals surface area contributed by atoms with E-state index in [1.165, 1.54) is 52.9 Å². The molecule has 2 N–H and O–H groups in total. The van der Waals surface area contributed by atoms with Gasteiger partial charge in [-0.3, -0.25) is 4.79 Å². The average Bonchev–Trinajstić information content (AvgIpc) is 3.36. The molecule has 2 aromatic heterocycles. The summed E-state index contributed by atoms with van der Waals surface area (Å²) in [5.41, 5.74) is 3.77. The van der Waals surface area contributed by atoms with Gasteiger partial charge >= 0.3 is 0 Å². The average molecular weight is 440 g/mol. The molecule has 30 heavy (non-hydrogen) atoms. The van der Waals surface area contributed by atoms with Crippen LogP contribution in [-0.2, 0) is 12.2 Å². The SMILES string of the molecule is Cc1[nH]c(SCc2nnc(C(=O)Nc3ccc(F)cc3)s2)nc1Cc1ccccc1. The molecular formula is C21H18FN5OS2. The maximum absolute atomic E-state index is 13.0. The Morgan fingerprint density at radius 3 is 2.67 bits per heavy atom. The van der Waals surface area contributed by atoms with Crippen LogP contribution in [-0.4, -0.2) is 26.1 Å². The smallest absolute Gasteiger partial charge is 0.286 e. The quantitative estimate of drug-likeness (QED) is 0.403. The first-order valence-corrected chi connectivity index (χ1v) is 11.0. The number of halogens is 1. The lowest BCUT2D eigenvalue weighted by atomic mass is 10.1. The predicted molar refractivity (Wildman–Crippen MR) is 116 cm³/mol. The monoisotopic (exact) mass is 439 g/mol. The van der Waals surface area contributed by atoms with Gasteiger partial charge in [0, 0.05) is 17.8 Å². The van der Waals surface area contributed by atoms with E-state index >= 15 is 0 Å². The molecule has 9 heteroatoms. The number of aryl methyl sites for hydroxylation is 1. The minimum atomic E-state index is -0.366. The summed E-state index contributed by atoms with van der Waals surface area (Å²) in [5.74, 6) is -0.170. The zero-order valence-corrected chi connectivity index (χ0v) is 17.7. The van der Waals surface area contributed by atoms with Gasteiger partial charge in [-0.05, 0) is 36.8 Å². The highest BCUT2D eigenvalue weighted by Gasteiger charge is 2.14. The summed E-state index contributed by atoms with van der Waals surface area (Å²) >= 11 is 2.74. The van der Waals surface area contributed by atoms with E-state index in [1.807, 2.05) is 25.1 Å². The van der Waals surface area contributed by atoms with Gasteiger partial charge in [0.15, 0.2) is 5.16 Å². The summed E-state index contributed by atoms with van der Waals surface area (Å²) < 4.78 is 13.0. The molecule has 6 nitrogen and oxygen atoms in total. The number of carbonyl (C=O) groups is 1. The molecule has 0 radical (unpaired) electrons. The van der Waals surface area contributed by atoms with Gasteiger partial charge < -0.3 is 10.3 Å². The molecule has 0 atom stereocenters. The van der Waals surface area contributed by atoms with E-state index in [2.05, 4.69) is 37.6 Å². The molecule has 0 saturated carbocycles. The van der Waals surface area contributed by atoms with Crippen LogP contribution in [0.2, 0.25) is 0 Å². The van der Waals surface area contributed by atoms with Gasteiger partial charge in [0.2, 0.25) is 5.01 Å². The molecule has 0 aliphatic carbocycles. The van der Waals surface area contributed by atoms with Crippen LogP contribution in [0.15, 0.2) is 59.8 Å². The van der Waals surface area contributed by atoms with Crippen molar-refractivity contribution in [1.29, 1.82) is 0 Å². The van der Waals surface area contributed by atoms with Crippen molar-refractivity contribution in [2.24, 2.45) is 0 Å². The van der Waals surface area contributed by atoms with Crippen LogP contribution in [0.5, 0.6) is 0 Å². The van der Waals surface area contributed by atoms with Crippen LogP contribution < -0.4 is 5.32 Å². The number of hydrogen-bond acceptors (Lipinski definition) is 6. The fourth-order valence-corrected chi connectivity index (χ4v) is 4.41. The third-order valence-corrected chi connectivity index (χ3v) is 6.26. The van der Waals surface area contributed by atoms with Crippen LogP contribution in [0.25, 0.3) is 0 Å². The largest absolute Gasteiger partial charge is 0.337 e. The van der Waals surface area contributed by atoms with Crippen molar-refractivity contribution < 1.29 is 9.18 Å². The molecule has 2 aromatic carbocycles. The number of hydrogen-bond donors (Lipinski definition) is 2. The number of aromatic amines is 1. The Morgan fingerprint density at radius 1 is 1.13 bits per heavy atom. The van der Waals surface area contributed by atoms with Crippen molar-refractivity contribution in [3.8, 4) is 0 Å². The minimum absolute atomic E-state index is 0.260. The molecule has 0 saturated heterocycles. The van der Waals surface area contributed by atoms with Gasteiger partial charge in [-0.2, -0.15) is 0 Å². The van der Waals surface area contributed by atoms with E-state index in [9.17, 15) is 9.18 Å². The van der Waals surface area contributed by atoms with Crippen molar-refractivity contribution in [2.75, 3.05) is 5.32 Å². The number of nitrogens with zero attached hydrogens (tertiary/aromatic N) is 3. The van der Waals surface area contributed by atoms with Gasteiger partial charge in [-0.15, -0.1) is 10.2 Å². The summed E-state index contributed by atoms with van der Waals surface area (Å²) in [4.78, 5) is 20.3. The summed E-state index contributed by atoms with van der Waals surface area (Å²) in [6.07, 6.45) is 0.774. The molecule has 0 aliphatic heterocycles. The van der Waals surface area contributed by atoms with Gasteiger partial charge in [0.1, 0.15) is 10.8 Å². The molecule has 1 amide bonds. The predicted octanol–water partition coefficient (Wildman–Crippen LogP) is 4.84. The number of carbonyl (C=O) groups excluding carboxylic acids is 1. The number of nitrogens with one attached hydrogen (secondary N) is 2. The van der Waals surface area contributed by atoms with E-state index in [0.29, 0.717) is 11.4 Å². The van der Waals surface area contributed by atoms with E-state index in [1.54, 1.807) is 0 Å². The first-order valence-electron chi connectivity index (χ1n) is 9.18. The molecule has 0 fully saturated rings. The molecule has 0 bridgehead atoms. The summed E-state index contributed by atoms with van der Waals surface area (Å²) in [5, 5.41) is 12.5. The number of rotatable bonds is 7.